The summed E-state index contributed by atoms with van der Waals surface area (Å²) in [6, 6.07) is 9.28. The van der Waals surface area contributed by atoms with Gasteiger partial charge >= 0.3 is 5.97 Å². The maximum absolute atomic E-state index is 13.5. The van der Waals surface area contributed by atoms with Crippen molar-refractivity contribution >= 4 is 43.5 Å². The number of rotatable bonds is 3. The molecular weight excluding hydrogens is 393 g/mol. The van der Waals surface area contributed by atoms with Crippen LogP contribution in [-0.4, -0.2) is 5.97 Å². The molecule has 0 aromatic heterocycles. The van der Waals surface area contributed by atoms with Gasteiger partial charge in [0.2, 0.25) is 0 Å². The fourth-order valence-corrected chi connectivity index (χ4v) is 2.39. The number of halogens is 3. The summed E-state index contributed by atoms with van der Waals surface area (Å²) in [6.07, 6.45) is 0. The lowest BCUT2D eigenvalue weighted by molar-refractivity contribution is 0.0468. The number of anilines is 1. The van der Waals surface area contributed by atoms with Crippen molar-refractivity contribution < 1.29 is 13.9 Å². The first-order chi connectivity index (χ1) is 9.47. The van der Waals surface area contributed by atoms with Crippen molar-refractivity contribution in [3.8, 4) is 0 Å². The molecule has 0 radical (unpaired) electrons. The van der Waals surface area contributed by atoms with Crippen molar-refractivity contribution in [2.24, 2.45) is 0 Å². The van der Waals surface area contributed by atoms with E-state index in [1.807, 2.05) is 0 Å². The summed E-state index contributed by atoms with van der Waals surface area (Å²) in [5, 5.41) is 0. The van der Waals surface area contributed by atoms with Crippen LogP contribution >= 0.6 is 31.9 Å². The summed E-state index contributed by atoms with van der Waals surface area (Å²) in [5.74, 6) is -0.990. The van der Waals surface area contributed by atoms with Crippen LogP contribution in [0.3, 0.4) is 0 Å². The van der Waals surface area contributed by atoms with Crippen molar-refractivity contribution in [3.05, 3.63) is 62.3 Å². The largest absolute Gasteiger partial charge is 0.457 e. The molecular formula is C14H10Br2FNO2. The Morgan fingerprint density at radius 3 is 2.70 bits per heavy atom. The smallest absolute Gasteiger partial charge is 0.339 e. The maximum atomic E-state index is 13.5. The second-order valence-corrected chi connectivity index (χ2v) is 5.82. The van der Waals surface area contributed by atoms with Gasteiger partial charge in [0.15, 0.2) is 0 Å². The molecule has 20 heavy (non-hydrogen) atoms. The van der Waals surface area contributed by atoms with Gasteiger partial charge in [0.05, 0.1) is 5.56 Å². The molecule has 0 atom stereocenters. The molecule has 0 saturated heterocycles. The zero-order valence-electron chi connectivity index (χ0n) is 10.2. The molecule has 2 rings (SSSR count). The fraction of sp³-hybridized carbons (Fsp3) is 0.0714. The number of ether oxygens (including phenoxy) is 1. The lowest BCUT2D eigenvalue weighted by Crippen LogP contribution is -2.07. The van der Waals surface area contributed by atoms with Crippen molar-refractivity contribution in [2.45, 2.75) is 6.61 Å². The lowest BCUT2D eigenvalue weighted by Gasteiger charge is -2.08. The summed E-state index contributed by atoms with van der Waals surface area (Å²) in [4.78, 5) is 11.9. The van der Waals surface area contributed by atoms with Crippen LogP contribution < -0.4 is 5.73 Å². The maximum Gasteiger partial charge on any atom is 0.339 e. The van der Waals surface area contributed by atoms with Crippen LogP contribution in [0.1, 0.15) is 15.9 Å². The highest BCUT2D eigenvalue weighted by atomic mass is 79.9. The number of esters is 1. The van der Waals surface area contributed by atoms with E-state index in [1.54, 1.807) is 24.3 Å². The van der Waals surface area contributed by atoms with Crippen LogP contribution in [0.5, 0.6) is 0 Å². The van der Waals surface area contributed by atoms with E-state index < -0.39 is 11.8 Å². The van der Waals surface area contributed by atoms with Crippen LogP contribution in [-0.2, 0) is 11.3 Å². The highest BCUT2D eigenvalue weighted by molar-refractivity contribution is 9.10. The SMILES string of the molecule is Nc1ccc(Br)c(C(=O)OCc2cc(Br)ccc2F)c1. The molecule has 0 fully saturated rings. The number of nitrogen functional groups attached to an aromatic ring is 1. The van der Waals surface area contributed by atoms with E-state index >= 15 is 0 Å². The molecule has 104 valence electrons. The van der Waals surface area contributed by atoms with Crippen molar-refractivity contribution in [1.82, 2.24) is 0 Å². The highest BCUT2D eigenvalue weighted by Gasteiger charge is 2.13. The first-order valence-corrected chi connectivity index (χ1v) is 7.22. The summed E-state index contributed by atoms with van der Waals surface area (Å²) >= 11 is 6.48. The predicted molar refractivity (Wildman–Crippen MR) is 81.8 cm³/mol. The summed E-state index contributed by atoms with van der Waals surface area (Å²) in [5.41, 5.74) is 6.68. The molecule has 2 aromatic rings. The Balaban J connectivity index is 2.12. The van der Waals surface area contributed by atoms with Crippen molar-refractivity contribution in [2.75, 3.05) is 5.73 Å². The van der Waals surface area contributed by atoms with Crippen LogP contribution in [0, 0.1) is 5.82 Å². The van der Waals surface area contributed by atoms with E-state index in [-0.39, 0.29) is 6.61 Å². The first kappa shape index (κ1) is 15.0. The Labute approximate surface area is 132 Å². The van der Waals surface area contributed by atoms with Gasteiger partial charge in [0.25, 0.3) is 0 Å². The molecule has 0 saturated carbocycles. The standard InChI is InChI=1S/C14H10Br2FNO2/c15-9-1-4-13(17)8(5-9)7-20-14(19)11-6-10(18)2-3-12(11)16/h1-6H,7,18H2. The topological polar surface area (TPSA) is 52.3 Å². The first-order valence-electron chi connectivity index (χ1n) is 5.63. The molecule has 6 heteroatoms. The Bertz CT molecular complexity index is 662. The van der Waals surface area contributed by atoms with Crippen molar-refractivity contribution in [3.63, 3.8) is 0 Å². The zero-order chi connectivity index (χ0) is 14.7. The van der Waals surface area contributed by atoms with E-state index in [1.165, 1.54) is 12.1 Å². The quantitative estimate of drug-likeness (QED) is 0.615. The monoisotopic (exact) mass is 401 g/mol. The number of hydrogen-bond donors (Lipinski definition) is 1. The molecule has 3 nitrogen and oxygen atoms in total. The van der Waals surface area contributed by atoms with Gasteiger partial charge in [0, 0.05) is 20.2 Å². The minimum atomic E-state index is -0.566. The Hall–Kier alpha value is -1.40. The molecule has 2 N–H and O–H groups in total. The van der Waals surface area contributed by atoms with Gasteiger partial charge in [-0.25, -0.2) is 9.18 Å². The minimum Gasteiger partial charge on any atom is -0.457 e. The molecule has 0 spiro atoms. The minimum absolute atomic E-state index is 0.147. The van der Waals surface area contributed by atoms with E-state index in [9.17, 15) is 9.18 Å². The molecule has 0 bridgehead atoms. The third-order valence-corrected chi connectivity index (χ3v) is 3.76. The second kappa shape index (κ2) is 6.37. The average molecular weight is 403 g/mol. The fourth-order valence-electron chi connectivity index (χ4n) is 1.57. The number of carbonyl (C=O) groups is 1. The van der Waals surface area contributed by atoms with Crippen LogP contribution in [0.15, 0.2) is 45.3 Å². The molecule has 0 aliphatic carbocycles. The number of hydrogen-bond acceptors (Lipinski definition) is 3. The number of benzene rings is 2. The lowest BCUT2D eigenvalue weighted by atomic mass is 10.2. The molecule has 0 aliphatic heterocycles. The van der Waals surface area contributed by atoms with Gasteiger partial charge in [-0.1, -0.05) is 15.9 Å². The summed E-state index contributed by atoms with van der Waals surface area (Å²) < 4.78 is 19.9. The normalized spacial score (nSPS) is 10.3. The summed E-state index contributed by atoms with van der Waals surface area (Å²) in [7, 11) is 0. The van der Waals surface area contributed by atoms with Gasteiger partial charge in [0.1, 0.15) is 12.4 Å². The molecule has 0 aliphatic rings. The zero-order valence-corrected chi connectivity index (χ0v) is 13.4. The van der Waals surface area contributed by atoms with Gasteiger partial charge < -0.3 is 10.5 Å². The van der Waals surface area contributed by atoms with E-state index in [0.717, 1.165) is 4.47 Å². The third-order valence-electron chi connectivity index (χ3n) is 2.58. The van der Waals surface area contributed by atoms with E-state index in [2.05, 4.69) is 31.9 Å². The molecule has 0 amide bonds. The third kappa shape index (κ3) is 3.58. The van der Waals surface area contributed by atoms with Crippen LogP contribution in [0.2, 0.25) is 0 Å². The highest BCUT2D eigenvalue weighted by Crippen LogP contribution is 2.22. The van der Waals surface area contributed by atoms with Gasteiger partial charge in [-0.05, 0) is 52.3 Å². The Morgan fingerprint density at radius 2 is 1.95 bits per heavy atom. The van der Waals surface area contributed by atoms with Crippen LogP contribution in [0.4, 0.5) is 10.1 Å². The average Bonchev–Trinajstić information content (AvgIpc) is 2.42. The number of nitrogens with two attached hydrogens (primary N) is 1. The number of carbonyl (C=O) groups excluding carboxylic acids is 1. The molecule has 2 aromatic carbocycles. The second-order valence-electron chi connectivity index (χ2n) is 4.05. The molecule has 0 unspecified atom stereocenters. The molecule has 0 heterocycles. The Kier molecular flexibility index (Phi) is 4.77. The van der Waals surface area contributed by atoms with Gasteiger partial charge in [-0.2, -0.15) is 0 Å². The van der Waals surface area contributed by atoms with Gasteiger partial charge in [-0.15, -0.1) is 0 Å². The van der Waals surface area contributed by atoms with Crippen LogP contribution in [0.25, 0.3) is 0 Å². The van der Waals surface area contributed by atoms with E-state index in [0.29, 0.717) is 21.3 Å². The van der Waals surface area contributed by atoms with Gasteiger partial charge in [-0.3, -0.25) is 0 Å². The summed E-state index contributed by atoms with van der Waals surface area (Å²) in [6.45, 7) is -0.147. The predicted octanol–water partition coefficient (Wildman–Crippen LogP) is 4.29. The van der Waals surface area contributed by atoms with Crippen molar-refractivity contribution in [1.29, 1.82) is 0 Å². The van der Waals surface area contributed by atoms with E-state index in [4.69, 9.17) is 10.5 Å². The Morgan fingerprint density at radius 1 is 1.20 bits per heavy atom.